The van der Waals surface area contributed by atoms with Crippen molar-refractivity contribution in [3.8, 4) is 0 Å². The first kappa shape index (κ1) is 16.9. The molecule has 114 valence electrons. The van der Waals surface area contributed by atoms with E-state index < -0.39 is 6.10 Å². The summed E-state index contributed by atoms with van der Waals surface area (Å²) in [5.74, 6) is 0.119. The summed E-state index contributed by atoms with van der Waals surface area (Å²) in [4.78, 5) is 16.0. The average Bonchev–Trinajstić information content (AvgIpc) is 2.70. The SMILES string of the molecule is CC(C)C(O)CNC(=O)Nc1nc(CC(C)(C)C)cs1. The van der Waals surface area contributed by atoms with Crippen molar-refractivity contribution >= 4 is 22.5 Å². The van der Waals surface area contributed by atoms with Gasteiger partial charge in [-0.25, -0.2) is 9.78 Å². The topological polar surface area (TPSA) is 74.2 Å². The minimum Gasteiger partial charge on any atom is -0.391 e. The van der Waals surface area contributed by atoms with Gasteiger partial charge in [0, 0.05) is 11.9 Å². The van der Waals surface area contributed by atoms with Crippen molar-refractivity contribution < 1.29 is 9.90 Å². The summed E-state index contributed by atoms with van der Waals surface area (Å²) in [6.45, 7) is 10.5. The van der Waals surface area contributed by atoms with Gasteiger partial charge in [-0.05, 0) is 17.8 Å². The summed E-state index contributed by atoms with van der Waals surface area (Å²) < 4.78 is 0. The number of nitrogens with zero attached hydrogens (tertiary/aromatic N) is 1. The number of urea groups is 1. The van der Waals surface area contributed by atoms with Gasteiger partial charge in [0.25, 0.3) is 0 Å². The molecule has 2 amide bonds. The summed E-state index contributed by atoms with van der Waals surface area (Å²) in [5.41, 5.74) is 1.16. The number of carbonyl (C=O) groups excluding carboxylic acids is 1. The zero-order valence-corrected chi connectivity index (χ0v) is 13.7. The van der Waals surface area contributed by atoms with Crippen molar-refractivity contribution in [1.82, 2.24) is 10.3 Å². The molecule has 0 aliphatic carbocycles. The second kappa shape index (κ2) is 7.04. The minimum atomic E-state index is -0.534. The summed E-state index contributed by atoms with van der Waals surface area (Å²) >= 11 is 1.41. The van der Waals surface area contributed by atoms with E-state index in [0.29, 0.717) is 5.13 Å². The lowest BCUT2D eigenvalue weighted by Gasteiger charge is -2.16. The summed E-state index contributed by atoms with van der Waals surface area (Å²) in [7, 11) is 0. The van der Waals surface area contributed by atoms with E-state index in [1.165, 1.54) is 11.3 Å². The Kier molecular flexibility index (Phi) is 5.95. The van der Waals surface area contributed by atoms with Crippen molar-refractivity contribution in [2.75, 3.05) is 11.9 Å². The van der Waals surface area contributed by atoms with Crippen LogP contribution < -0.4 is 10.6 Å². The van der Waals surface area contributed by atoms with Gasteiger partial charge in [-0.1, -0.05) is 34.6 Å². The van der Waals surface area contributed by atoms with E-state index in [-0.39, 0.29) is 23.9 Å². The van der Waals surface area contributed by atoms with Gasteiger partial charge >= 0.3 is 6.03 Å². The van der Waals surface area contributed by atoms with Crippen LogP contribution in [0.15, 0.2) is 5.38 Å². The molecular formula is C14H25N3O2S. The highest BCUT2D eigenvalue weighted by atomic mass is 32.1. The average molecular weight is 299 g/mol. The van der Waals surface area contributed by atoms with Crippen molar-refractivity contribution in [3.63, 3.8) is 0 Å². The standard InChI is InChI=1S/C14H25N3O2S/c1-9(2)11(18)7-15-12(19)17-13-16-10(8-20-13)6-14(3,4)5/h8-9,11,18H,6-7H2,1-5H3,(H2,15,16,17,19). The first-order valence-electron chi connectivity index (χ1n) is 6.84. The molecule has 1 unspecified atom stereocenters. The third-order valence-corrected chi connectivity index (χ3v) is 3.53. The Morgan fingerprint density at radius 1 is 1.45 bits per heavy atom. The van der Waals surface area contributed by atoms with Crippen molar-refractivity contribution in [3.05, 3.63) is 11.1 Å². The zero-order valence-electron chi connectivity index (χ0n) is 12.9. The number of anilines is 1. The first-order chi connectivity index (χ1) is 9.17. The molecule has 1 rings (SSSR count). The predicted octanol–water partition coefficient (Wildman–Crippen LogP) is 2.87. The predicted molar refractivity (Wildman–Crippen MR) is 83.1 cm³/mol. The third-order valence-electron chi connectivity index (χ3n) is 2.72. The van der Waals surface area contributed by atoms with E-state index >= 15 is 0 Å². The molecule has 0 radical (unpaired) electrons. The molecule has 0 aliphatic heterocycles. The third kappa shape index (κ3) is 6.34. The Labute approximate surface area is 124 Å². The Hall–Kier alpha value is -1.14. The number of hydrogen-bond donors (Lipinski definition) is 3. The number of hydrogen-bond acceptors (Lipinski definition) is 4. The van der Waals surface area contributed by atoms with Gasteiger partial charge in [-0.15, -0.1) is 11.3 Å². The van der Waals surface area contributed by atoms with E-state index in [2.05, 4.69) is 36.4 Å². The van der Waals surface area contributed by atoms with E-state index in [1.54, 1.807) is 0 Å². The van der Waals surface area contributed by atoms with Gasteiger partial charge in [-0.2, -0.15) is 0 Å². The van der Waals surface area contributed by atoms with Crippen LogP contribution in [-0.4, -0.2) is 28.8 Å². The van der Waals surface area contributed by atoms with E-state index in [4.69, 9.17) is 0 Å². The second-order valence-electron chi connectivity index (χ2n) is 6.53. The monoisotopic (exact) mass is 299 g/mol. The Bertz CT molecular complexity index is 438. The number of aliphatic hydroxyl groups is 1. The van der Waals surface area contributed by atoms with Crippen LogP contribution >= 0.6 is 11.3 Å². The lowest BCUT2D eigenvalue weighted by atomic mass is 9.91. The molecule has 0 saturated heterocycles. The fourth-order valence-electron chi connectivity index (χ4n) is 1.56. The number of aliphatic hydroxyl groups excluding tert-OH is 1. The van der Waals surface area contributed by atoms with Gasteiger partial charge in [0.05, 0.1) is 11.8 Å². The van der Waals surface area contributed by atoms with Gasteiger partial charge in [-0.3, -0.25) is 5.32 Å². The summed E-state index contributed by atoms with van der Waals surface area (Å²) in [6.07, 6.45) is 0.340. The van der Waals surface area contributed by atoms with Gasteiger partial charge < -0.3 is 10.4 Å². The molecule has 0 saturated carbocycles. The van der Waals surface area contributed by atoms with E-state index in [0.717, 1.165) is 12.1 Å². The number of thiazole rings is 1. The number of amides is 2. The molecule has 1 heterocycles. The van der Waals surface area contributed by atoms with E-state index in [1.807, 2.05) is 19.2 Å². The Balaban J connectivity index is 2.43. The van der Waals surface area contributed by atoms with Crippen LogP contribution in [-0.2, 0) is 6.42 Å². The van der Waals surface area contributed by atoms with Gasteiger partial charge in [0.2, 0.25) is 0 Å². The molecule has 1 aromatic rings. The molecule has 0 spiro atoms. The molecule has 6 heteroatoms. The molecule has 0 aliphatic rings. The van der Waals surface area contributed by atoms with Crippen LogP contribution in [0, 0.1) is 11.3 Å². The van der Waals surface area contributed by atoms with Crippen LogP contribution in [0.25, 0.3) is 0 Å². The van der Waals surface area contributed by atoms with Crippen molar-refractivity contribution in [1.29, 1.82) is 0 Å². The lowest BCUT2D eigenvalue weighted by molar-refractivity contribution is 0.126. The van der Waals surface area contributed by atoms with E-state index in [9.17, 15) is 9.90 Å². The maximum absolute atomic E-state index is 11.7. The minimum absolute atomic E-state index is 0.119. The van der Waals surface area contributed by atoms with Crippen LogP contribution in [0.2, 0.25) is 0 Å². The summed E-state index contributed by atoms with van der Waals surface area (Å²) in [5, 5.41) is 17.5. The second-order valence-corrected chi connectivity index (χ2v) is 7.39. The fourth-order valence-corrected chi connectivity index (χ4v) is 2.27. The highest BCUT2D eigenvalue weighted by Crippen LogP contribution is 2.23. The molecule has 1 atom stereocenters. The molecule has 3 N–H and O–H groups in total. The number of carbonyl (C=O) groups is 1. The largest absolute Gasteiger partial charge is 0.391 e. The normalized spacial score (nSPS) is 13.3. The summed E-state index contributed by atoms with van der Waals surface area (Å²) in [6, 6.07) is -0.332. The number of aromatic nitrogens is 1. The molecule has 0 fully saturated rings. The quantitative estimate of drug-likeness (QED) is 0.782. The number of nitrogens with one attached hydrogen (secondary N) is 2. The highest BCUT2D eigenvalue weighted by molar-refractivity contribution is 7.13. The van der Waals surface area contributed by atoms with Crippen LogP contribution in [0.5, 0.6) is 0 Å². The molecule has 5 nitrogen and oxygen atoms in total. The van der Waals surface area contributed by atoms with Gasteiger partial charge in [0.1, 0.15) is 0 Å². The highest BCUT2D eigenvalue weighted by Gasteiger charge is 2.15. The maximum Gasteiger partial charge on any atom is 0.321 e. The van der Waals surface area contributed by atoms with Crippen LogP contribution in [0.3, 0.4) is 0 Å². The molecule has 20 heavy (non-hydrogen) atoms. The fraction of sp³-hybridized carbons (Fsp3) is 0.714. The maximum atomic E-state index is 11.7. The zero-order chi connectivity index (χ0) is 15.3. The molecule has 0 aromatic carbocycles. The number of rotatable bonds is 5. The molecular weight excluding hydrogens is 274 g/mol. The molecule has 0 bridgehead atoms. The van der Waals surface area contributed by atoms with Gasteiger partial charge in [0.15, 0.2) is 5.13 Å². The smallest absolute Gasteiger partial charge is 0.321 e. The van der Waals surface area contributed by atoms with Crippen LogP contribution in [0.1, 0.15) is 40.3 Å². The lowest BCUT2D eigenvalue weighted by Crippen LogP contribution is -2.37. The van der Waals surface area contributed by atoms with Crippen molar-refractivity contribution in [2.45, 2.75) is 47.1 Å². The van der Waals surface area contributed by atoms with Crippen LogP contribution in [0.4, 0.5) is 9.93 Å². The Morgan fingerprint density at radius 3 is 2.65 bits per heavy atom. The molecule has 1 aromatic heterocycles. The Morgan fingerprint density at radius 2 is 2.10 bits per heavy atom. The first-order valence-corrected chi connectivity index (χ1v) is 7.72. The van der Waals surface area contributed by atoms with Crippen molar-refractivity contribution in [2.24, 2.45) is 11.3 Å².